The van der Waals surface area contributed by atoms with Gasteiger partial charge in [-0.05, 0) is 37.6 Å². The molecule has 2 saturated carbocycles. The van der Waals surface area contributed by atoms with Gasteiger partial charge >= 0.3 is 0 Å². The quantitative estimate of drug-likeness (QED) is 0.730. The molecule has 2 aliphatic carbocycles. The van der Waals surface area contributed by atoms with Crippen LogP contribution in [0.4, 0.5) is 0 Å². The number of aliphatic hydroxyl groups is 1. The van der Waals surface area contributed by atoms with Gasteiger partial charge in [-0.2, -0.15) is 0 Å². The minimum atomic E-state index is 0.276. The lowest BCUT2D eigenvalue weighted by Crippen LogP contribution is -2.34. The first-order valence-electron chi connectivity index (χ1n) is 6.57. The SMILES string of the molecule is C[C@H]1CCCC[C@@H]1CNCC1(CO)CC1. The molecule has 2 nitrogen and oxygen atoms in total. The Hall–Kier alpha value is -0.0800. The highest BCUT2D eigenvalue weighted by molar-refractivity contribution is 4.94. The lowest BCUT2D eigenvalue weighted by Gasteiger charge is -2.29. The van der Waals surface area contributed by atoms with Gasteiger partial charge in [-0.1, -0.05) is 26.2 Å². The molecule has 0 unspecified atom stereocenters. The van der Waals surface area contributed by atoms with Crippen molar-refractivity contribution in [2.24, 2.45) is 17.3 Å². The van der Waals surface area contributed by atoms with Crippen LogP contribution in [0.25, 0.3) is 0 Å². The smallest absolute Gasteiger partial charge is 0.0499 e. The molecule has 15 heavy (non-hydrogen) atoms. The highest BCUT2D eigenvalue weighted by atomic mass is 16.3. The van der Waals surface area contributed by atoms with E-state index >= 15 is 0 Å². The van der Waals surface area contributed by atoms with Gasteiger partial charge in [0, 0.05) is 18.6 Å². The first-order chi connectivity index (χ1) is 7.26. The van der Waals surface area contributed by atoms with Crippen LogP contribution in [0.2, 0.25) is 0 Å². The fourth-order valence-electron chi connectivity index (χ4n) is 2.79. The van der Waals surface area contributed by atoms with Gasteiger partial charge in [0.2, 0.25) is 0 Å². The van der Waals surface area contributed by atoms with Gasteiger partial charge in [-0.15, -0.1) is 0 Å². The van der Waals surface area contributed by atoms with Gasteiger partial charge in [-0.3, -0.25) is 0 Å². The maximum absolute atomic E-state index is 9.21. The molecule has 0 aliphatic heterocycles. The van der Waals surface area contributed by atoms with Crippen molar-refractivity contribution in [3.05, 3.63) is 0 Å². The molecule has 0 spiro atoms. The van der Waals surface area contributed by atoms with Crippen molar-refractivity contribution in [2.75, 3.05) is 19.7 Å². The Balaban J connectivity index is 1.64. The van der Waals surface area contributed by atoms with Crippen molar-refractivity contribution in [3.63, 3.8) is 0 Å². The molecule has 0 aromatic rings. The summed E-state index contributed by atoms with van der Waals surface area (Å²) in [5, 5.41) is 12.8. The van der Waals surface area contributed by atoms with Crippen molar-refractivity contribution in [3.8, 4) is 0 Å². The summed E-state index contributed by atoms with van der Waals surface area (Å²) in [4.78, 5) is 0. The third-order valence-electron chi connectivity index (χ3n) is 4.49. The summed E-state index contributed by atoms with van der Waals surface area (Å²) in [5.41, 5.74) is 0.276. The summed E-state index contributed by atoms with van der Waals surface area (Å²) in [6.45, 7) is 4.97. The van der Waals surface area contributed by atoms with Gasteiger partial charge in [0.05, 0.1) is 0 Å². The zero-order chi connectivity index (χ0) is 10.7. The first-order valence-corrected chi connectivity index (χ1v) is 6.57. The lowest BCUT2D eigenvalue weighted by molar-refractivity contribution is 0.196. The molecule has 0 heterocycles. The topological polar surface area (TPSA) is 32.3 Å². The Morgan fingerprint density at radius 1 is 1.27 bits per heavy atom. The monoisotopic (exact) mass is 211 g/mol. The maximum Gasteiger partial charge on any atom is 0.0499 e. The van der Waals surface area contributed by atoms with Crippen LogP contribution >= 0.6 is 0 Å². The molecule has 0 amide bonds. The molecule has 0 radical (unpaired) electrons. The zero-order valence-corrected chi connectivity index (χ0v) is 9.97. The second-order valence-electron chi connectivity index (χ2n) is 5.81. The molecule has 2 aliphatic rings. The first kappa shape index (κ1) is 11.4. The molecule has 0 aromatic carbocycles. The van der Waals surface area contributed by atoms with Gasteiger partial charge in [0.15, 0.2) is 0 Å². The summed E-state index contributed by atoms with van der Waals surface area (Å²) in [5.74, 6) is 1.78. The van der Waals surface area contributed by atoms with Crippen LogP contribution in [-0.4, -0.2) is 24.8 Å². The van der Waals surface area contributed by atoms with E-state index in [4.69, 9.17) is 0 Å². The highest BCUT2D eigenvalue weighted by Crippen LogP contribution is 2.44. The van der Waals surface area contributed by atoms with Crippen LogP contribution in [0.5, 0.6) is 0 Å². The lowest BCUT2D eigenvalue weighted by atomic mass is 9.80. The van der Waals surface area contributed by atoms with Crippen molar-refractivity contribution in [1.82, 2.24) is 5.32 Å². The van der Waals surface area contributed by atoms with Gasteiger partial charge in [0.25, 0.3) is 0 Å². The van der Waals surface area contributed by atoms with E-state index in [0.717, 1.165) is 18.4 Å². The highest BCUT2D eigenvalue weighted by Gasteiger charge is 2.41. The molecule has 2 fully saturated rings. The largest absolute Gasteiger partial charge is 0.396 e. The number of nitrogens with one attached hydrogen (secondary N) is 1. The van der Waals surface area contributed by atoms with E-state index in [1.54, 1.807) is 0 Å². The Bertz CT molecular complexity index is 201. The summed E-state index contributed by atoms with van der Waals surface area (Å²) in [6.07, 6.45) is 8.10. The Kier molecular flexibility index (Phi) is 3.68. The number of rotatable bonds is 5. The molecule has 2 rings (SSSR count). The van der Waals surface area contributed by atoms with E-state index in [1.807, 2.05) is 0 Å². The second-order valence-corrected chi connectivity index (χ2v) is 5.81. The normalized spacial score (nSPS) is 34.0. The van der Waals surface area contributed by atoms with E-state index < -0.39 is 0 Å². The van der Waals surface area contributed by atoms with Crippen LogP contribution in [0, 0.1) is 17.3 Å². The van der Waals surface area contributed by atoms with Crippen molar-refractivity contribution < 1.29 is 5.11 Å². The summed E-state index contributed by atoms with van der Waals surface area (Å²) in [7, 11) is 0. The number of hydrogen-bond acceptors (Lipinski definition) is 2. The van der Waals surface area contributed by atoms with Crippen LogP contribution < -0.4 is 5.32 Å². The van der Waals surface area contributed by atoms with Gasteiger partial charge < -0.3 is 10.4 Å². The predicted octanol–water partition coefficient (Wildman–Crippen LogP) is 2.17. The summed E-state index contributed by atoms with van der Waals surface area (Å²) >= 11 is 0. The average Bonchev–Trinajstić information content (AvgIpc) is 3.02. The molecule has 88 valence electrons. The van der Waals surface area contributed by atoms with E-state index in [9.17, 15) is 5.11 Å². The Morgan fingerprint density at radius 2 is 2.00 bits per heavy atom. The zero-order valence-electron chi connectivity index (χ0n) is 9.97. The van der Waals surface area contributed by atoms with Crippen molar-refractivity contribution >= 4 is 0 Å². The molecule has 0 saturated heterocycles. The fraction of sp³-hybridized carbons (Fsp3) is 1.00. The second kappa shape index (κ2) is 4.84. The van der Waals surface area contributed by atoms with E-state index in [1.165, 1.54) is 45.1 Å². The molecule has 0 aromatic heterocycles. The van der Waals surface area contributed by atoms with Crippen LogP contribution in [0.15, 0.2) is 0 Å². The summed E-state index contributed by atoms with van der Waals surface area (Å²) < 4.78 is 0. The third-order valence-corrected chi connectivity index (χ3v) is 4.49. The van der Waals surface area contributed by atoms with Crippen LogP contribution in [0.1, 0.15) is 45.4 Å². The fourth-order valence-corrected chi connectivity index (χ4v) is 2.79. The van der Waals surface area contributed by atoms with E-state index in [0.29, 0.717) is 6.61 Å². The van der Waals surface area contributed by atoms with Gasteiger partial charge in [0.1, 0.15) is 0 Å². The van der Waals surface area contributed by atoms with Crippen LogP contribution in [0.3, 0.4) is 0 Å². The summed E-state index contributed by atoms with van der Waals surface area (Å²) in [6, 6.07) is 0. The predicted molar refractivity (Wildman–Crippen MR) is 62.7 cm³/mol. The number of hydrogen-bond donors (Lipinski definition) is 2. The minimum Gasteiger partial charge on any atom is -0.396 e. The molecular formula is C13H25NO. The molecule has 2 atom stereocenters. The van der Waals surface area contributed by atoms with Crippen molar-refractivity contribution in [2.45, 2.75) is 45.4 Å². The number of aliphatic hydroxyl groups excluding tert-OH is 1. The average molecular weight is 211 g/mol. The third kappa shape index (κ3) is 2.94. The van der Waals surface area contributed by atoms with Gasteiger partial charge in [-0.25, -0.2) is 0 Å². The Labute approximate surface area is 93.5 Å². The maximum atomic E-state index is 9.21. The van der Waals surface area contributed by atoms with Crippen molar-refractivity contribution in [1.29, 1.82) is 0 Å². The minimum absolute atomic E-state index is 0.276. The Morgan fingerprint density at radius 3 is 2.60 bits per heavy atom. The van der Waals surface area contributed by atoms with E-state index in [2.05, 4.69) is 12.2 Å². The van der Waals surface area contributed by atoms with E-state index in [-0.39, 0.29) is 5.41 Å². The standard InChI is InChI=1S/C13H25NO/c1-11-4-2-3-5-12(11)8-14-9-13(10-15)6-7-13/h11-12,14-15H,2-10H2,1H3/t11-,12+/m0/s1. The molecule has 2 heteroatoms. The molecular weight excluding hydrogens is 186 g/mol. The van der Waals surface area contributed by atoms with Crippen LogP contribution in [-0.2, 0) is 0 Å². The molecule has 2 N–H and O–H groups in total. The molecule has 0 bridgehead atoms.